The van der Waals surface area contributed by atoms with E-state index < -0.39 is 5.41 Å². The molecule has 0 amide bonds. The first-order valence-electron chi connectivity index (χ1n) is 19.1. The lowest BCUT2D eigenvalue weighted by Gasteiger charge is -2.53. The topological polar surface area (TPSA) is 6.48 Å². The Labute approximate surface area is 300 Å². The fraction of sp³-hybridized carbons (Fsp3) is 0.208. The summed E-state index contributed by atoms with van der Waals surface area (Å²) < 4.78 is 0. The normalized spacial score (nSPS) is 24.0. The molecule has 1 spiro atoms. The molecule has 2 atom stereocenters. The van der Waals surface area contributed by atoms with Crippen LogP contribution in [0.1, 0.15) is 78.5 Å². The number of rotatable bonds is 0. The van der Waals surface area contributed by atoms with Gasteiger partial charge in [0.15, 0.2) is 0 Å². The maximum absolute atomic E-state index is 2.87. The molecule has 0 aromatic heterocycles. The highest BCUT2D eigenvalue weighted by molar-refractivity contribution is 6.96. The van der Waals surface area contributed by atoms with Crippen molar-refractivity contribution in [2.75, 3.05) is 9.80 Å². The molecular formula is C48H37BN2. The van der Waals surface area contributed by atoms with E-state index in [9.17, 15) is 0 Å². The van der Waals surface area contributed by atoms with Crippen LogP contribution < -0.4 is 20.7 Å². The van der Waals surface area contributed by atoms with Crippen molar-refractivity contribution in [3.8, 4) is 11.1 Å². The third-order valence-corrected chi connectivity index (χ3v) is 14.8. The zero-order chi connectivity index (χ0) is 33.4. The highest BCUT2D eigenvalue weighted by Gasteiger charge is 2.64. The van der Waals surface area contributed by atoms with Gasteiger partial charge in [-0.3, -0.25) is 0 Å². The molecular weight excluding hydrogens is 615 g/mol. The van der Waals surface area contributed by atoms with Crippen molar-refractivity contribution in [2.24, 2.45) is 0 Å². The Kier molecular flexibility index (Phi) is 4.72. The molecule has 0 saturated heterocycles. The lowest BCUT2D eigenvalue weighted by atomic mass is 9.32. The fourth-order valence-corrected chi connectivity index (χ4v) is 12.7. The van der Waals surface area contributed by atoms with Gasteiger partial charge in [0.05, 0.1) is 16.6 Å². The second kappa shape index (κ2) is 8.77. The van der Waals surface area contributed by atoms with Gasteiger partial charge in [-0.1, -0.05) is 134 Å². The number of hydrogen-bond acceptors (Lipinski definition) is 2. The smallest absolute Gasteiger partial charge is 0.247 e. The molecule has 2 nitrogen and oxygen atoms in total. The van der Waals surface area contributed by atoms with Gasteiger partial charge < -0.3 is 9.80 Å². The Balaban J connectivity index is 1.28. The first-order valence-corrected chi connectivity index (χ1v) is 19.1. The third kappa shape index (κ3) is 2.77. The maximum Gasteiger partial charge on any atom is 0.247 e. The molecule has 51 heavy (non-hydrogen) atoms. The summed E-state index contributed by atoms with van der Waals surface area (Å²) in [6.07, 6.45) is 5.99. The van der Waals surface area contributed by atoms with Gasteiger partial charge in [0.2, 0.25) is 6.71 Å². The molecule has 1 saturated carbocycles. The molecule has 242 valence electrons. The third-order valence-electron chi connectivity index (χ3n) is 14.8. The predicted octanol–water partition coefficient (Wildman–Crippen LogP) is 9.69. The molecule has 3 heteroatoms. The van der Waals surface area contributed by atoms with Crippen molar-refractivity contribution in [1.82, 2.24) is 0 Å². The van der Waals surface area contributed by atoms with Crippen LogP contribution in [0.4, 0.5) is 22.7 Å². The Bertz CT molecular complexity index is 2600. The number of para-hydroxylation sites is 2. The van der Waals surface area contributed by atoms with Crippen LogP contribution in [-0.2, 0) is 17.3 Å². The number of anilines is 4. The summed E-state index contributed by atoms with van der Waals surface area (Å²) in [6.45, 7) is 5.45. The van der Waals surface area contributed by atoms with Crippen LogP contribution in [0.2, 0.25) is 0 Å². The summed E-state index contributed by atoms with van der Waals surface area (Å²) in [7, 11) is 0. The van der Waals surface area contributed by atoms with E-state index in [1.54, 1.807) is 16.5 Å². The van der Waals surface area contributed by atoms with Gasteiger partial charge in [0, 0.05) is 33.7 Å². The van der Waals surface area contributed by atoms with Gasteiger partial charge in [-0.2, -0.15) is 0 Å². The molecule has 2 unspecified atom stereocenters. The molecule has 1 fully saturated rings. The average molecular weight is 653 g/mol. The van der Waals surface area contributed by atoms with E-state index in [1.165, 1.54) is 104 Å². The van der Waals surface area contributed by atoms with Crippen LogP contribution in [0.15, 0.2) is 133 Å². The summed E-state index contributed by atoms with van der Waals surface area (Å²) in [5.41, 5.74) is 24.3. The number of allylic oxidation sites excluding steroid dienone is 1. The molecule has 0 radical (unpaired) electrons. The van der Waals surface area contributed by atoms with E-state index in [2.05, 4.69) is 151 Å². The number of fused-ring (bicyclic) bond motifs is 19. The second-order valence-corrected chi connectivity index (χ2v) is 16.6. The maximum atomic E-state index is 2.87. The van der Waals surface area contributed by atoms with Crippen molar-refractivity contribution in [1.29, 1.82) is 0 Å². The zero-order valence-electron chi connectivity index (χ0n) is 29.1. The standard InChI is InChI=1S/C48H37BN2/c1-46-25-13-14-26-47(46,2)51-41-24-12-10-22-38(41)49-39-27-29-15-3-4-16-30(29)43(39)50-40-23-11-9-21-35(40)48(37-28-36(46)45(51)42(49)44(37)50)33-19-7-5-17-31(33)32-18-6-8-20-34(32)48/h3-12,15-24,28H,13-14,25-27H2,1-2H3. The van der Waals surface area contributed by atoms with Gasteiger partial charge >= 0.3 is 0 Å². The minimum atomic E-state index is -0.423. The number of nitrogens with zero attached hydrogens (tertiary/aromatic N) is 2. The van der Waals surface area contributed by atoms with Gasteiger partial charge in [-0.05, 0) is 99.8 Å². The highest BCUT2D eigenvalue weighted by atomic mass is 15.3. The molecule has 3 aliphatic carbocycles. The first kappa shape index (κ1) is 27.4. The molecule has 6 aromatic rings. The average Bonchev–Trinajstić information content (AvgIpc) is 3.77. The quantitative estimate of drug-likeness (QED) is 0.151. The van der Waals surface area contributed by atoms with E-state index >= 15 is 0 Å². The lowest BCUT2D eigenvalue weighted by Crippen LogP contribution is -2.61. The molecule has 7 aliphatic rings. The first-order chi connectivity index (χ1) is 25.1. The predicted molar refractivity (Wildman–Crippen MR) is 211 cm³/mol. The summed E-state index contributed by atoms with van der Waals surface area (Å²) >= 11 is 0. The molecule has 6 aromatic carbocycles. The van der Waals surface area contributed by atoms with Crippen molar-refractivity contribution in [3.05, 3.63) is 172 Å². The Morgan fingerprint density at radius 2 is 1.20 bits per heavy atom. The fourth-order valence-electron chi connectivity index (χ4n) is 12.7. The van der Waals surface area contributed by atoms with Crippen LogP contribution in [0.5, 0.6) is 0 Å². The Hall–Kier alpha value is -5.28. The van der Waals surface area contributed by atoms with Crippen LogP contribution in [0, 0.1) is 0 Å². The van der Waals surface area contributed by atoms with E-state index in [-0.39, 0.29) is 17.7 Å². The van der Waals surface area contributed by atoms with Gasteiger partial charge in [-0.25, -0.2) is 0 Å². The monoisotopic (exact) mass is 652 g/mol. The summed E-state index contributed by atoms with van der Waals surface area (Å²) in [4.78, 5) is 5.63. The van der Waals surface area contributed by atoms with Crippen LogP contribution in [0.25, 0.3) is 16.8 Å². The molecule has 0 bridgehead atoms. The zero-order valence-corrected chi connectivity index (χ0v) is 29.1. The summed E-state index contributed by atoms with van der Waals surface area (Å²) in [5.74, 6) is 0. The second-order valence-electron chi connectivity index (χ2n) is 16.6. The van der Waals surface area contributed by atoms with Gasteiger partial charge in [-0.15, -0.1) is 0 Å². The van der Waals surface area contributed by atoms with E-state index in [0.29, 0.717) is 0 Å². The molecule has 4 aliphatic heterocycles. The summed E-state index contributed by atoms with van der Waals surface area (Å²) in [5, 5.41) is 0. The molecule has 4 heterocycles. The minimum absolute atomic E-state index is 0.00125. The van der Waals surface area contributed by atoms with Crippen molar-refractivity contribution in [2.45, 2.75) is 62.3 Å². The van der Waals surface area contributed by atoms with Crippen molar-refractivity contribution in [3.63, 3.8) is 0 Å². The molecule has 13 rings (SSSR count). The van der Waals surface area contributed by atoms with Gasteiger partial charge in [0.1, 0.15) is 0 Å². The van der Waals surface area contributed by atoms with Crippen LogP contribution in [0.3, 0.4) is 0 Å². The van der Waals surface area contributed by atoms with E-state index in [4.69, 9.17) is 0 Å². The Morgan fingerprint density at radius 1 is 0.569 bits per heavy atom. The SMILES string of the molecule is CC12CCCCC1(C)N1c3ccccc3B3C4=C(c5ccccc5C4)N4c5ccccc5C5(c6ccccc6-c6ccccc65)c5cc2c1c3c54. The largest absolute Gasteiger partial charge is 0.335 e. The van der Waals surface area contributed by atoms with E-state index in [0.717, 1.165) is 6.42 Å². The van der Waals surface area contributed by atoms with Gasteiger partial charge in [0.25, 0.3) is 0 Å². The van der Waals surface area contributed by atoms with E-state index in [1.807, 2.05) is 0 Å². The van der Waals surface area contributed by atoms with Crippen molar-refractivity contribution >= 4 is 46.1 Å². The highest BCUT2D eigenvalue weighted by Crippen LogP contribution is 2.69. The Morgan fingerprint density at radius 3 is 1.98 bits per heavy atom. The van der Waals surface area contributed by atoms with Crippen molar-refractivity contribution < 1.29 is 0 Å². The molecule has 0 N–H and O–H groups in total. The lowest BCUT2D eigenvalue weighted by molar-refractivity contribution is 0.195. The van der Waals surface area contributed by atoms with Crippen LogP contribution >= 0.6 is 0 Å². The summed E-state index contributed by atoms with van der Waals surface area (Å²) in [6, 6.07) is 49.6. The van der Waals surface area contributed by atoms with Crippen LogP contribution in [-0.4, -0.2) is 12.3 Å². The minimum Gasteiger partial charge on any atom is -0.335 e. The number of hydrogen-bond donors (Lipinski definition) is 0. The number of benzene rings is 6.